The number of hydrogen-bond acceptors (Lipinski definition) is 2. The van der Waals surface area contributed by atoms with Gasteiger partial charge in [-0.15, -0.1) is 0 Å². The highest BCUT2D eigenvalue weighted by atomic mass is 16.5. The van der Waals surface area contributed by atoms with Gasteiger partial charge >= 0.3 is 0 Å². The van der Waals surface area contributed by atoms with E-state index in [2.05, 4.69) is 59.0 Å². The van der Waals surface area contributed by atoms with Crippen LogP contribution in [0.2, 0.25) is 0 Å². The van der Waals surface area contributed by atoms with E-state index in [1.807, 2.05) is 0 Å². The van der Waals surface area contributed by atoms with Crippen molar-refractivity contribution in [2.75, 3.05) is 6.61 Å². The molecule has 1 rings (SSSR count). The normalized spacial score (nSPS) is 17.5. The molecule has 0 aromatic heterocycles. The van der Waals surface area contributed by atoms with E-state index in [4.69, 9.17) is 4.74 Å². The molecule has 2 nitrogen and oxygen atoms in total. The number of nitrogens with one attached hydrogen (secondary N) is 1. The zero-order valence-electron chi connectivity index (χ0n) is 12.2. The molecule has 0 radical (unpaired) electrons. The number of rotatable bonds is 3. The van der Waals surface area contributed by atoms with E-state index in [1.54, 1.807) is 0 Å². The van der Waals surface area contributed by atoms with Crippen LogP contribution in [0, 0.1) is 0 Å². The Morgan fingerprint density at radius 2 is 1.71 bits per heavy atom. The van der Waals surface area contributed by atoms with Gasteiger partial charge in [-0.1, -0.05) is 6.08 Å². The van der Waals surface area contributed by atoms with Gasteiger partial charge in [-0.2, -0.15) is 0 Å². The van der Waals surface area contributed by atoms with E-state index in [-0.39, 0.29) is 11.1 Å². The molecule has 0 aromatic rings. The van der Waals surface area contributed by atoms with Crippen molar-refractivity contribution in [3.63, 3.8) is 0 Å². The first-order chi connectivity index (χ1) is 7.66. The lowest BCUT2D eigenvalue weighted by atomic mass is 10.0. The van der Waals surface area contributed by atoms with Crippen LogP contribution in [0.5, 0.6) is 0 Å². The lowest BCUT2D eigenvalue weighted by Crippen LogP contribution is -2.35. The summed E-state index contributed by atoms with van der Waals surface area (Å²) in [6.07, 6.45) is 6.58. The average molecular weight is 237 g/mol. The topological polar surface area (TPSA) is 21.3 Å². The minimum absolute atomic E-state index is 0.0471. The Kier molecular flexibility index (Phi) is 4.42. The maximum atomic E-state index is 5.79. The third-order valence-electron chi connectivity index (χ3n) is 2.46. The summed E-state index contributed by atoms with van der Waals surface area (Å²) in [4.78, 5) is 0. The molecule has 1 aliphatic rings. The van der Waals surface area contributed by atoms with Crippen molar-refractivity contribution in [3.8, 4) is 0 Å². The zero-order valence-corrected chi connectivity index (χ0v) is 12.2. The van der Waals surface area contributed by atoms with Crippen LogP contribution < -0.4 is 5.32 Å². The largest absolute Gasteiger partial charge is 0.384 e. The molecule has 0 spiro atoms. The zero-order chi connectivity index (χ0) is 13.1. The van der Waals surface area contributed by atoms with Crippen LogP contribution in [0.1, 0.15) is 54.4 Å². The second kappa shape index (κ2) is 5.26. The quantitative estimate of drug-likeness (QED) is 0.806. The average Bonchev–Trinajstić information content (AvgIpc) is 2.13. The molecule has 0 atom stereocenters. The van der Waals surface area contributed by atoms with Gasteiger partial charge in [0.25, 0.3) is 0 Å². The van der Waals surface area contributed by atoms with Gasteiger partial charge < -0.3 is 10.1 Å². The fraction of sp³-hybridized carbons (Fsp3) is 0.733. The van der Waals surface area contributed by atoms with Crippen LogP contribution in [0.4, 0.5) is 0 Å². The minimum Gasteiger partial charge on any atom is -0.384 e. The van der Waals surface area contributed by atoms with E-state index < -0.39 is 0 Å². The van der Waals surface area contributed by atoms with Gasteiger partial charge in [-0.05, 0) is 66.0 Å². The highest BCUT2D eigenvalue weighted by Crippen LogP contribution is 2.20. The van der Waals surface area contributed by atoms with Crippen LogP contribution in [-0.4, -0.2) is 17.7 Å². The molecule has 0 saturated heterocycles. The Labute approximate surface area is 106 Å². The van der Waals surface area contributed by atoms with Crippen LogP contribution in [-0.2, 0) is 4.74 Å². The summed E-state index contributed by atoms with van der Waals surface area (Å²) in [6.45, 7) is 13.6. The first-order valence-corrected chi connectivity index (χ1v) is 6.46. The van der Waals surface area contributed by atoms with Gasteiger partial charge in [0, 0.05) is 11.2 Å². The third-order valence-corrected chi connectivity index (χ3v) is 2.46. The van der Waals surface area contributed by atoms with E-state index in [0.29, 0.717) is 0 Å². The second-order valence-corrected chi connectivity index (χ2v) is 6.79. The van der Waals surface area contributed by atoms with Crippen LogP contribution >= 0.6 is 0 Å². The summed E-state index contributed by atoms with van der Waals surface area (Å²) in [5.41, 5.74) is 2.82. The van der Waals surface area contributed by atoms with E-state index >= 15 is 0 Å². The molecular weight excluding hydrogens is 210 g/mol. The number of allylic oxidation sites excluding steroid dienone is 3. The van der Waals surface area contributed by atoms with E-state index in [0.717, 1.165) is 19.4 Å². The lowest BCUT2D eigenvalue weighted by Gasteiger charge is -2.27. The van der Waals surface area contributed by atoms with E-state index in [1.165, 1.54) is 11.3 Å². The maximum Gasteiger partial charge on any atom is 0.0687 e. The lowest BCUT2D eigenvalue weighted by molar-refractivity contribution is 0.0100. The predicted molar refractivity (Wildman–Crippen MR) is 74.0 cm³/mol. The van der Waals surface area contributed by atoms with Crippen molar-refractivity contribution in [3.05, 3.63) is 23.4 Å². The number of hydrogen-bond donors (Lipinski definition) is 1. The fourth-order valence-electron chi connectivity index (χ4n) is 1.70. The van der Waals surface area contributed by atoms with Crippen LogP contribution in [0.15, 0.2) is 23.4 Å². The minimum atomic E-state index is -0.0471. The van der Waals surface area contributed by atoms with Gasteiger partial charge in [0.2, 0.25) is 0 Å². The Bertz CT molecular complexity index is 313. The molecule has 98 valence electrons. The van der Waals surface area contributed by atoms with Crippen molar-refractivity contribution in [1.82, 2.24) is 5.32 Å². The van der Waals surface area contributed by atoms with Crippen molar-refractivity contribution in [2.24, 2.45) is 0 Å². The first-order valence-electron chi connectivity index (χ1n) is 6.46. The Morgan fingerprint density at radius 1 is 1.06 bits per heavy atom. The Balaban J connectivity index is 2.48. The molecule has 0 saturated carbocycles. The summed E-state index contributed by atoms with van der Waals surface area (Å²) < 4.78 is 5.79. The van der Waals surface area contributed by atoms with Crippen molar-refractivity contribution in [1.29, 1.82) is 0 Å². The molecule has 0 bridgehead atoms. The molecule has 1 N–H and O–H groups in total. The smallest absolute Gasteiger partial charge is 0.0687 e. The molecular formula is C15H27NO. The summed E-state index contributed by atoms with van der Waals surface area (Å²) in [7, 11) is 0. The van der Waals surface area contributed by atoms with Crippen molar-refractivity contribution in [2.45, 2.75) is 65.5 Å². The predicted octanol–water partition coefficient (Wildman–Crippen LogP) is 3.79. The maximum absolute atomic E-state index is 5.79. The molecule has 1 aliphatic carbocycles. The summed E-state index contributed by atoms with van der Waals surface area (Å²) >= 11 is 0. The number of ether oxygens (including phenoxy) is 1. The summed E-state index contributed by atoms with van der Waals surface area (Å²) in [5, 5.41) is 3.53. The Morgan fingerprint density at radius 3 is 2.12 bits per heavy atom. The molecule has 0 fully saturated rings. The first kappa shape index (κ1) is 14.3. The molecule has 0 aromatic carbocycles. The van der Waals surface area contributed by atoms with Gasteiger partial charge in [0.15, 0.2) is 0 Å². The summed E-state index contributed by atoms with van der Waals surface area (Å²) in [6, 6.07) is 0. The molecule has 17 heavy (non-hydrogen) atoms. The molecule has 0 heterocycles. The van der Waals surface area contributed by atoms with Crippen LogP contribution in [0.25, 0.3) is 0 Å². The highest BCUT2D eigenvalue weighted by Gasteiger charge is 2.15. The molecule has 0 unspecified atom stereocenters. The van der Waals surface area contributed by atoms with Gasteiger partial charge in [0.05, 0.1) is 12.2 Å². The van der Waals surface area contributed by atoms with Gasteiger partial charge in [-0.25, -0.2) is 0 Å². The summed E-state index contributed by atoms with van der Waals surface area (Å²) in [5.74, 6) is 0. The van der Waals surface area contributed by atoms with Gasteiger partial charge in [0.1, 0.15) is 0 Å². The SMILES string of the molecule is CC(C)(C)NC1=CC=C(COC(C)(C)C)CC1. The van der Waals surface area contributed by atoms with Gasteiger partial charge in [-0.3, -0.25) is 0 Å². The standard InChI is InChI=1S/C15H27NO/c1-14(2,3)16-13-9-7-12(8-10-13)11-17-15(4,5)6/h7,9,16H,8,10-11H2,1-6H3. The van der Waals surface area contributed by atoms with Crippen LogP contribution in [0.3, 0.4) is 0 Å². The second-order valence-electron chi connectivity index (χ2n) is 6.79. The monoisotopic (exact) mass is 237 g/mol. The van der Waals surface area contributed by atoms with Crippen molar-refractivity contribution >= 4 is 0 Å². The molecule has 2 heteroatoms. The van der Waals surface area contributed by atoms with E-state index in [9.17, 15) is 0 Å². The molecule has 0 aliphatic heterocycles. The van der Waals surface area contributed by atoms with Crippen molar-refractivity contribution < 1.29 is 4.74 Å². The third kappa shape index (κ3) is 6.52. The highest BCUT2D eigenvalue weighted by molar-refractivity contribution is 5.24. The fourth-order valence-corrected chi connectivity index (χ4v) is 1.70. The molecule has 0 amide bonds. The Hall–Kier alpha value is -0.760.